The second-order valence-electron chi connectivity index (χ2n) is 8.81. The van der Waals surface area contributed by atoms with Gasteiger partial charge in [-0.2, -0.15) is 0 Å². The molecule has 2 saturated heterocycles. The summed E-state index contributed by atoms with van der Waals surface area (Å²) >= 11 is 0. The van der Waals surface area contributed by atoms with Gasteiger partial charge in [0.15, 0.2) is 29.5 Å². The molecule has 7 nitrogen and oxygen atoms in total. The van der Waals surface area contributed by atoms with E-state index < -0.39 is 52.6 Å². The van der Waals surface area contributed by atoms with Crippen molar-refractivity contribution in [2.24, 2.45) is 0 Å². The van der Waals surface area contributed by atoms with Gasteiger partial charge in [-0.3, -0.25) is 0 Å². The first kappa shape index (κ1) is 21.7. The van der Waals surface area contributed by atoms with Crippen LogP contribution in [0.1, 0.15) is 32.8 Å². The molecule has 2 heterocycles. The maximum absolute atomic E-state index is 13.2. The molecule has 0 saturated carbocycles. The molecule has 1 unspecified atom stereocenters. The van der Waals surface area contributed by atoms with E-state index in [-0.39, 0.29) is 27.6 Å². The second kappa shape index (κ2) is 7.07. The molecular weight excluding hydrogens is 422 g/mol. The molecule has 0 bridgehead atoms. The van der Waals surface area contributed by atoms with Crippen LogP contribution < -0.4 is 5.32 Å². The molecule has 0 aliphatic carbocycles. The fourth-order valence-electron chi connectivity index (χ4n) is 3.83. The van der Waals surface area contributed by atoms with Crippen LogP contribution in [-0.2, 0) is 34.9 Å². The normalized spacial score (nSPS) is 29.8. The molecule has 1 aromatic rings. The summed E-state index contributed by atoms with van der Waals surface area (Å²) in [7, 11) is -10.6. The van der Waals surface area contributed by atoms with E-state index >= 15 is 0 Å². The molecular formula is C18H27NO6S3. The Labute approximate surface area is 167 Å². The summed E-state index contributed by atoms with van der Waals surface area (Å²) in [6.45, 7) is 6.07. The van der Waals surface area contributed by atoms with E-state index in [0.717, 1.165) is 5.56 Å². The molecule has 3 atom stereocenters. The lowest BCUT2D eigenvalue weighted by Gasteiger charge is -2.24. The zero-order chi connectivity index (χ0) is 21.0. The molecule has 158 valence electrons. The van der Waals surface area contributed by atoms with E-state index in [9.17, 15) is 25.3 Å². The summed E-state index contributed by atoms with van der Waals surface area (Å²) in [6, 6.07) is 5.33. The summed E-state index contributed by atoms with van der Waals surface area (Å²) < 4.78 is 74.1. The van der Waals surface area contributed by atoms with E-state index in [1.165, 1.54) is 12.1 Å². The summed E-state index contributed by atoms with van der Waals surface area (Å²) in [5.41, 5.74) is 0.855. The standard InChI is InChI=1S/C18H27NO6S3/c1-18(2,3)13-4-6-15(7-5-13)28(24,25)17-12-27(22,23)11-16(17)19-14-8-9-26(20,21)10-14/h4-7,14,16-17,19H,8-12H2,1-3H3/t14?,16-,17-/m0/s1. The van der Waals surface area contributed by atoms with Crippen LogP contribution in [0.25, 0.3) is 0 Å². The van der Waals surface area contributed by atoms with Crippen LogP contribution >= 0.6 is 0 Å². The van der Waals surface area contributed by atoms with Gasteiger partial charge >= 0.3 is 0 Å². The second-order valence-corrected chi connectivity index (χ2v) is 15.4. The third kappa shape index (κ3) is 4.60. The van der Waals surface area contributed by atoms with Crippen LogP contribution in [0.5, 0.6) is 0 Å². The van der Waals surface area contributed by atoms with Crippen LogP contribution in [0.15, 0.2) is 29.2 Å². The summed E-state index contributed by atoms with van der Waals surface area (Å²) in [5.74, 6) is -0.798. The van der Waals surface area contributed by atoms with Crippen molar-refractivity contribution in [1.82, 2.24) is 5.32 Å². The summed E-state index contributed by atoms with van der Waals surface area (Å²) in [4.78, 5) is 0.0912. The van der Waals surface area contributed by atoms with Gasteiger partial charge in [-0.1, -0.05) is 32.9 Å². The highest BCUT2D eigenvalue weighted by Gasteiger charge is 2.47. The average Bonchev–Trinajstić information content (AvgIpc) is 3.05. The number of hydrogen-bond acceptors (Lipinski definition) is 7. The average molecular weight is 450 g/mol. The fraction of sp³-hybridized carbons (Fsp3) is 0.667. The van der Waals surface area contributed by atoms with Crippen molar-refractivity contribution in [3.8, 4) is 0 Å². The SMILES string of the molecule is CC(C)(C)c1ccc(S(=O)(=O)[C@H]2CS(=O)(=O)C[C@@H]2NC2CCS(=O)(=O)C2)cc1. The van der Waals surface area contributed by atoms with Crippen molar-refractivity contribution < 1.29 is 25.3 Å². The van der Waals surface area contributed by atoms with Gasteiger partial charge in [-0.15, -0.1) is 0 Å². The summed E-state index contributed by atoms with van der Waals surface area (Å²) in [5, 5.41) is 1.89. The van der Waals surface area contributed by atoms with Crippen molar-refractivity contribution >= 4 is 29.5 Å². The number of rotatable bonds is 4. The van der Waals surface area contributed by atoms with Crippen molar-refractivity contribution in [1.29, 1.82) is 0 Å². The van der Waals surface area contributed by atoms with Crippen molar-refractivity contribution in [2.45, 2.75) is 54.8 Å². The molecule has 0 aromatic heterocycles. The van der Waals surface area contributed by atoms with Gasteiger partial charge in [0.05, 0.1) is 33.2 Å². The van der Waals surface area contributed by atoms with Crippen LogP contribution in [0.4, 0.5) is 0 Å². The highest BCUT2D eigenvalue weighted by molar-refractivity contribution is 7.96. The molecule has 2 aliphatic rings. The largest absolute Gasteiger partial charge is 0.308 e. The maximum atomic E-state index is 13.2. The molecule has 2 aliphatic heterocycles. The van der Waals surface area contributed by atoms with Gasteiger partial charge in [-0.05, 0) is 29.5 Å². The number of nitrogens with one attached hydrogen (secondary N) is 1. The van der Waals surface area contributed by atoms with Crippen LogP contribution in [0.3, 0.4) is 0 Å². The minimum atomic E-state index is -3.88. The van der Waals surface area contributed by atoms with E-state index in [2.05, 4.69) is 5.32 Å². The van der Waals surface area contributed by atoms with Crippen LogP contribution in [-0.4, -0.2) is 65.6 Å². The Morgan fingerprint density at radius 2 is 1.54 bits per heavy atom. The van der Waals surface area contributed by atoms with Crippen molar-refractivity contribution in [3.63, 3.8) is 0 Å². The number of sulfone groups is 3. The third-order valence-electron chi connectivity index (χ3n) is 5.43. The number of benzene rings is 1. The van der Waals surface area contributed by atoms with E-state index in [4.69, 9.17) is 0 Å². The van der Waals surface area contributed by atoms with Crippen LogP contribution in [0, 0.1) is 0 Å². The number of hydrogen-bond donors (Lipinski definition) is 1. The van der Waals surface area contributed by atoms with E-state index in [1.54, 1.807) is 12.1 Å². The molecule has 3 rings (SSSR count). The van der Waals surface area contributed by atoms with Gasteiger partial charge in [0.1, 0.15) is 0 Å². The molecule has 1 aromatic carbocycles. The van der Waals surface area contributed by atoms with Crippen molar-refractivity contribution in [3.05, 3.63) is 29.8 Å². The van der Waals surface area contributed by atoms with E-state index in [0.29, 0.717) is 6.42 Å². The van der Waals surface area contributed by atoms with Gasteiger partial charge in [0, 0.05) is 12.1 Å². The monoisotopic (exact) mass is 449 g/mol. The first-order valence-electron chi connectivity index (χ1n) is 9.21. The first-order chi connectivity index (χ1) is 12.7. The minimum absolute atomic E-state index is 0.0375. The Bertz CT molecular complexity index is 1050. The van der Waals surface area contributed by atoms with Crippen molar-refractivity contribution in [2.75, 3.05) is 23.0 Å². The van der Waals surface area contributed by atoms with E-state index in [1.807, 2.05) is 20.8 Å². The fourth-order valence-corrected chi connectivity index (χ4v) is 10.2. The topological polar surface area (TPSA) is 114 Å². The molecule has 2 fully saturated rings. The lowest BCUT2D eigenvalue weighted by Crippen LogP contribution is -2.48. The molecule has 0 amide bonds. The van der Waals surface area contributed by atoms with Gasteiger partial charge < -0.3 is 5.32 Å². The van der Waals surface area contributed by atoms with Gasteiger partial charge in [-0.25, -0.2) is 25.3 Å². The predicted molar refractivity (Wildman–Crippen MR) is 109 cm³/mol. The molecule has 1 N–H and O–H groups in total. The highest BCUT2D eigenvalue weighted by Crippen LogP contribution is 2.29. The molecule has 10 heteroatoms. The first-order valence-corrected chi connectivity index (χ1v) is 14.4. The molecule has 28 heavy (non-hydrogen) atoms. The van der Waals surface area contributed by atoms with Crippen LogP contribution in [0.2, 0.25) is 0 Å². The Hall–Kier alpha value is -0.970. The maximum Gasteiger partial charge on any atom is 0.183 e. The Morgan fingerprint density at radius 3 is 2.04 bits per heavy atom. The molecule has 0 radical (unpaired) electrons. The Morgan fingerprint density at radius 1 is 0.929 bits per heavy atom. The van der Waals surface area contributed by atoms with Gasteiger partial charge in [0.25, 0.3) is 0 Å². The predicted octanol–water partition coefficient (Wildman–Crippen LogP) is 0.700. The Balaban J connectivity index is 1.87. The van der Waals surface area contributed by atoms with Gasteiger partial charge in [0.2, 0.25) is 0 Å². The Kier molecular flexibility index (Phi) is 5.49. The lowest BCUT2D eigenvalue weighted by atomic mass is 9.87. The smallest absolute Gasteiger partial charge is 0.183 e. The zero-order valence-electron chi connectivity index (χ0n) is 16.3. The zero-order valence-corrected chi connectivity index (χ0v) is 18.7. The lowest BCUT2D eigenvalue weighted by molar-refractivity contribution is 0.468. The minimum Gasteiger partial charge on any atom is -0.308 e. The third-order valence-corrected chi connectivity index (χ3v) is 11.4. The molecule has 0 spiro atoms. The quantitative estimate of drug-likeness (QED) is 0.719. The summed E-state index contributed by atoms with van der Waals surface area (Å²) in [6.07, 6.45) is 0.367. The highest BCUT2D eigenvalue weighted by atomic mass is 32.2.